The van der Waals surface area contributed by atoms with E-state index in [2.05, 4.69) is 20.6 Å². The Kier molecular flexibility index (Phi) is 3.56. The van der Waals surface area contributed by atoms with Crippen LogP contribution in [0, 0.1) is 5.92 Å². The molecule has 2 atom stereocenters. The third kappa shape index (κ3) is 2.78. The summed E-state index contributed by atoms with van der Waals surface area (Å²) in [6, 6.07) is 9.49. The number of aromatic nitrogens is 6. The van der Waals surface area contributed by atoms with Gasteiger partial charge in [0.2, 0.25) is 0 Å². The highest BCUT2D eigenvalue weighted by Gasteiger charge is 2.46. The molecule has 0 radical (unpaired) electrons. The summed E-state index contributed by atoms with van der Waals surface area (Å²) in [5, 5.41) is 15.7. The number of hydrogen-bond donors (Lipinski definition) is 0. The largest absolute Gasteiger partial charge is 0.457 e. The monoisotopic (exact) mass is 324 g/mol. The molecule has 0 amide bonds. The molecule has 1 aliphatic carbocycles. The quantitative estimate of drug-likeness (QED) is 0.656. The van der Waals surface area contributed by atoms with Gasteiger partial charge in [-0.3, -0.25) is 9.48 Å². The van der Waals surface area contributed by atoms with Crippen LogP contribution in [-0.4, -0.2) is 36.0 Å². The second-order valence-electron chi connectivity index (χ2n) is 5.85. The summed E-state index contributed by atoms with van der Waals surface area (Å²) in [5.41, 5.74) is 1.90. The van der Waals surface area contributed by atoms with Crippen molar-refractivity contribution >= 4 is 5.97 Å². The Balaban J connectivity index is 1.38. The van der Waals surface area contributed by atoms with Crippen LogP contribution in [0.2, 0.25) is 0 Å². The second kappa shape index (κ2) is 5.88. The fourth-order valence-electron chi connectivity index (χ4n) is 2.76. The molecule has 0 bridgehead atoms. The lowest BCUT2D eigenvalue weighted by Crippen LogP contribution is -2.11. The van der Waals surface area contributed by atoms with Crippen molar-refractivity contribution < 1.29 is 9.53 Å². The van der Waals surface area contributed by atoms with E-state index in [1.54, 1.807) is 15.6 Å². The van der Waals surface area contributed by atoms with Crippen LogP contribution in [0.5, 0.6) is 0 Å². The molecule has 8 heteroatoms. The number of nitrogens with zero attached hydrogens (tertiary/aromatic N) is 6. The number of aryl methyl sites for hydroxylation is 1. The highest BCUT2D eigenvalue weighted by atomic mass is 16.5. The molecule has 0 saturated heterocycles. The molecular formula is C16H16N6O2. The van der Waals surface area contributed by atoms with Crippen LogP contribution < -0.4 is 0 Å². The highest BCUT2D eigenvalue weighted by molar-refractivity contribution is 5.77. The van der Waals surface area contributed by atoms with E-state index < -0.39 is 0 Å². The Morgan fingerprint density at radius 3 is 2.92 bits per heavy atom. The van der Waals surface area contributed by atoms with E-state index >= 15 is 0 Å². The topological polar surface area (TPSA) is 87.7 Å². The van der Waals surface area contributed by atoms with Crippen LogP contribution in [0.15, 0.2) is 42.7 Å². The van der Waals surface area contributed by atoms with Crippen LogP contribution in [0.4, 0.5) is 0 Å². The number of carbonyl (C=O) groups excluding carboxylic acids is 1. The molecule has 2 heterocycles. The Morgan fingerprint density at radius 2 is 2.17 bits per heavy atom. The molecule has 0 spiro atoms. The summed E-state index contributed by atoms with van der Waals surface area (Å²) in [4.78, 5) is 12.2. The number of carbonyl (C=O) groups is 1. The zero-order chi connectivity index (χ0) is 16.5. The molecule has 1 aliphatic rings. The summed E-state index contributed by atoms with van der Waals surface area (Å²) in [6.07, 6.45) is 4.54. The van der Waals surface area contributed by atoms with E-state index in [9.17, 15) is 4.79 Å². The van der Waals surface area contributed by atoms with E-state index in [-0.39, 0.29) is 24.4 Å². The van der Waals surface area contributed by atoms with Crippen molar-refractivity contribution in [1.29, 1.82) is 0 Å². The van der Waals surface area contributed by atoms with Crippen molar-refractivity contribution in [2.24, 2.45) is 13.0 Å². The maximum atomic E-state index is 12.2. The standard InChI is InChI=1S/C16H16N6O2/c1-21-9-11(8-17-21)13-7-14(13)16(23)24-10-15-18-19-20-22(15)12-5-3-2-4-6-12/h2-6,8-9,13-14H,7,10H2,1H3/t13-,14-/m1/s1. The van der Waals surface area contributed by atoms with Gasteiger partial charge in [-0.1, -0.05) is 18.2 Å². The highest BCUT2D eigenvalue weighted by Crippen LogP contribution is 2.48. The molecule has 1 fully saturated rings. The maximum Gasteiger partial charge on any atom is 0.310 e. The molecule has 4 rings (SSSR count). The summed E-state index contributed by atoms with van der Waals surface area (Å²) in [5.74, 6) is 0.381. The minimum atomic E-state index is -0.216. The van der Waals surface area contributed by atoms with Crippen molar-refractivity contribution in [2.75, 3.05) is 0 Å². The normalized spacial score (nSPS) is 19.2. The Bertz CT molecular complexity index is 856. The van der Waals surface area contributed by atoms with Crippen molar-refractivity contribution in [3.63, 3.8) is 0 Å². The predicted molar refractivity (Wildman–Crippen MR) is 83.0 cm³/mol. The molecule has 0 N–H and O–H groups in total. The first kappa shape index (κ1) is 14.6. The smallest absolute Gasteiger partial charge is 0.310 e. The summed E-state index contributed by atoms with van der Waals surface area (Å²) < 4.78 is 8.71. The first-order valence-corrected chi connectivity index (χ1v) is 7.70. The van der Waals surface area contributed by atoms with Crippen LogP contribution in [0.3, 0.4) is 0 Å². The van der Waals surface area contributed by atoms with E-state index in [0.29, 0.717) is 5.82 Å². The average molecular weight is 324 g/mol. The number of para-hydroxylation sites is 1. The van der Waals surface area contributed by atoms with E-state index in [1.165, 1.54) is 0 Å². The van der Waals surface area contributed by atoms with Gasteiger partial charge in [-0.25, -0.2) is 0 Å². The summed E-state index contributed by atoms with van der Waals surface area (Å²) >= 11 is 0. The lowest BCUT2D eigenvalue weighted by atomic mass is 10.2. The van der Waals surface area contributed by atoms with Crippen molar-refractivity contribution in [1.82, 2.24) is 30.0 Å². The number of hydrogen-bond acceptors (Lipinski definition) is 6. The molecule has 2 aromatic heterocycles. The first-order chi connectivity index (χ1) is 11.7. The van der Waals surface area contributed by atoms with E-state index in [0.717, 1.165) is 17.7 Å². The Hall–Kier alpha value is -3.03. The third-order valence-corrected chi connectivity index (χ3v) is 4.12. The minimum Gasteiger partial charge on any atom is -0.457 e. The van der Waals surface area contributed by atoms with Crippen LogP contribution >= 0.6 is 0 Å². The SMILES string of the molecule is Cn1cc([C@H]2C[C@H]2C(=O)OCc2nnnn2-c2ccccc2)cn1. The van der Waals surface area contributed by atoms with Gasteiger partial charge in [0.1, 0.15) is 0 Å². The van der Waals surface area contributed by atoms with Crippen molar-refractivity contribution in [3.05, 3.63) is 54.1 Å². The third-order valence-electron chi connectivity index (χ3n) is 4.12. The fourth-order valence-corrected chi connectivity index (χ4v) is 2.76. The number of benzene rings is 1. The second-order valence-corrected chi connectivity index (χ2v) is 5.85. The number of tetrazole rings is 1. The lowest BCUT2D eigenvalue weighted by molar-refractivity contribution is -0.146. The maximum absolute atomic E-state index is 12.2. The minimum absolute atomic E-state index is 0.0526. The lowest BCUT2D eigenvalue weighted by Gasteiger charge is -2.05. The molecule has 122 valence electrons. The van der Waals surface area contributed by atoms with Gasteiger partial charge in [0.05, 0.1) is 17.8 Å². The van der Waals surface area contributed by atoms with Crippen molar-refractivity contribution in [2.45, 2.75) is 18.9 Å². The van der Waals surface area contributed by atoms with E-state index in [1.807, 2.05) is 43.6 Å². The number of ether oxygens (including phenoxy) is 1. The van der Waals surface area contributed by atoms with Gasteiger partial charge in [-0.15, -0.1) is 5.10 Å². The molecule has 24 heavy (non-hydrogen) atoms. The van der Waals surface area contributed by atoms with Crippen molar-refractivity contribution in [3.8, 4) is 5.69 Å². The number of esters is 1. The van der Waals surface area contributed by atoms with Crippen LogP contribution in [-0.2, 0) is 23.2 Å². The predicted octanol–water partition coefficient (Wildman–Crippen LogP) is 1.24. The van der Waals surface area contributed by atoms with Crippen LogP contribution in [0.1, 0.15) is 23.7 Å². The van der Waals surface area contributed by atoms with Gasteiger partial charge in [-0.2, -0.15) is 9.78 Å². The van der Waals surface area contributed by atoms with Gasteiger partial charge in [0, 0.05) is 19.2 Å². The van der Waals surface area contributed by atoms with Crippen LogP contribution in [0.25, 0.3) is 5.69 Å². The average Bonchev–Trinajstić information content (AvgIpc) is 3.06. The molecule has 0 unspecified atom stereocenters. The molecule has 0 aliphatic heterocycles. The summed E-state index contributed by atoms with van der Waals surface area (Å²) in [7, 11) is 1.86. The molecule has 1 aromatic carbocycles. The molecule has 1 saturated carbocycles. The Labute approximate surface area is 138 Å². The number of rotatable bonds is 5. The zero-order valence-corrected chi connectivity index (χ0v) is 13.1. The summed E-state index contributed by atoms with van der Waals surface area (Å²) in [6.45, 7) is 0.0526. The van der Waals surface area contributed by atoms with Gasteiger partial charge in [-0.05, 0) is 34.5 Å². The molecular weight excluding hydrogens is 308 g/mol. The van der Waals surface area contributed by atoms with Gasteiger partial charge in [0.15, 0.2) is 12.4 Å². The van der Waals surface area contributed by atoms with Gasteiger partial charge < -0.3 is 4.74 Å². The Morgan fingerprint density at radius 1 is 1.33 bits per heavy atom. The molecule has 3 aromatic rings. The first-order valence-electron chi connectivity index (χ1n) is 7.70. The van der Waals surface area contributed by atoms with Gasteiger partial charge >= 0.3 is 5.97 Å². The fraction of sp³-hybridized carbons (Fsp3) is 0.312. The zero-order valence-electron chi connectivity index (χ0n) is 13.1. The van der Waals surface area contributed by atoms with E-state index in [4.69, 9.17) is 4.74 Å². The molecule has 8 nitrogen and oxygen atoms in total. The van der Waals surface area contributed by atoms with Gasteiger partial charge in [0.25, 0.3) is 0 Å².